The lowest BCUT2D eigenvalue weighted by Gasteiger charge is -2.35. The third-order valence-electron chi connectivity index (χ3n) is 4.37. The van der Waals surface area contributed by atoms with Gasteiger partial charge in [0.25, 0.3) is 0 Å². The highest BCUT2D eigenvalue weighted by molar-refractivity contribution is 5.89. The maximum atomic E-state index is 12.2. The fourth-order valence-corrected chi connectivity index (χ4v) is 3.36. The minimum atomic E-state index is -0.415. The normalized spacial score (nSPS) is 30.7. The van der Waals surface area contributed by atoms with E-state index in [0.29, 0.717) is 18.0 Å². The second-order valence-electron chi connectivity index (χ2n) is 5.64. The van der Waals surface area contributed by atoms with Crippen molar-refractivity contribution in [1.29, 1.82) is 0 Å². The number of esters is 2. The second-order valence-corrected chi connectivity index (χ2v) is 5.64. The van der Waals surface area contributed by atoms with E-state index in [1.165, 1.54) is 7.11 Å². The number of benzene rings is 1. The molecule has 2 saturated heterocycles. The van der Waals surface area contributed by atoms with Gasteiger partial charge in [0.1, 0.15) is 12.0 Å². The molecule has 3 unspecified atom stereocenters. The SMILES string of the molecule is COC(=O)C1C2CC[C@@H](CC1OC(=O)c1ccccc1)N2. The fraction of sp³-hybridized carbons (Fsp3) is 0.500. The molecular formula is C16H19NO4. The average molecular weight is 289 g/mol. The standard InChI is InChI=1S/C16H19NO4/c1-20-16(19)14-12-8-7-11(17-12)9-13(14)21-15(18)10-5-3-2-4-6-10/h2-6,11-14,17H,7-9H2,1H3/t11-,12?,13?,14?/m0/s1. The lowest BCUT2D eigenvalue weighted by molar-refractivity contribution is -0.152. The summed E-state index contributed by atoms with van der Waals surface area (Å²) in [6.45, 7) is 0. The average Bonchev–Trinajstić information content (AvgIpc) is 2.89. The molecule has 0 saturated carbocycles. The van der Waals surface area contributed by atoms with Crippen molar-refractivity contribution >= 4 is 11.9 Å². The van der Waals surface area contributed by atoms with Crippen LogP contribution in [0.1, 0.15) is 29.6 Å². The van der Waals surface area contributed by atoms with Crippen molar-refractivity contribution in [3.63, 3.8) is 0 Å². The Kier molecular flexibility index (Phi) is 3.92. The van der Waals surface area contributed by atoms with Crippen LogP contribution in [0.2, 0.25) is 0 Å². The van der Waals surface area contributed by atoms with E-state index in [9.17, 15) is 9.59 Å². The Bertz CT molecular complexity index is 530. The summed E-state index contributed by atoms with van der Waals surface area (Å²) < 4.78 is 10.5. The van der Waals surface area contributed by atoms with Crippen LogP contribution in [-0.4, -0.2) is 37.2 Å². The number of hydrogen-bond acceptors (Lipinski definition) is 5. The van der Waals surface area contributed by atoms with Crippen LogP contribution in [0, 0.1) is 5.92 Å². The first kappa shape index (κ1) is 14.1. The van der Waals surface area contributed by atoms with Crippen molar-refractivity contribution in [1.82, 2.24) is 5.32 Å². The minimum Gasteiger partial charge on any atom is -0.469 e. The summed E-state index contributed by atoms with van der Waals surface area (Å²) in [5.41, 5.74) is 0.506. The summed E-state index contributed by atoms with van der Waals surface area (Å²) in [6.07, 6.45) is 2.18. The van der Waals surface area contributed by atoms with Crippen LogP contribution in [0.4, 0.5) is 0 Å². The van der Waals surface area contributed by atoms with E-state index in [2.05, 4.69) is 5.32 Å². The molecule has 21 heavy (non-hydrogen) atoms. The predicted octanol–water partition coefficient (Wildman–Crippen LogP) is 1.53. The number of piperidine rings is 1. The summed E-state index contributed by atoms with van der Waals surface area (Å²) in [6, 6.07) is 9.23. The zero-order chi connectivity index (χ0) is 14.8. The molecule has 3 rings (SSSR count). The van der Waals surface area contributed by atoms with E-state index in [1.54, 1.807) is 24.3 Å². The van der Waals surface area contributed by atoms with Crippen molar-refractivity contribution in [2.24, 2.45) is 5.92 Å². The summed E-state index contributed by atoms with van der Waals surface area (Å²) in [4.78, 5) is 24.2. The summed E-state index contributed by atoms with van der Waals surface area (Å²) >= 11 is 0. The highest BCUT2D eigenvalue weighted by Crippen LogP contribution is 2.34. The Morgan fingerprint density at radius 2 is 1.95 bits per heavy atom. The molecule has 2 aliphatic rings. The van der Waals surface area contributed by atoms with E-state index >= 15 is 0 Å². The molecule has 4 atom stereocenters. The molecule has 5 heteroatoms. The third-order valence-corrected chi connectivity index (χ3v) is 4.37. The van der Waals surface area contributed by atoms with Gasteiger partial charge in [-0.3, -0.25) is 4.79 Å². The Balaban J connectivity index is 1.76. The van der Waals surface area contributed by atoms with Crippen LogP contribution in [0.25, 0.3) is 0 Å². The topological polar surface area (TPSA) is 64.6 Å². The van der Waals surface area contributed by atoms with Gasteiger partial charge in [-0.2, -0.15) is 0 Å². The minimum absolute atomic E-state index is 0.0461. The molecule has 5 nitrogen and oxygen atoms in total. The van der Waals surface area contributed by atoms with E-state index in [4.69, 9.17) is 9.47 Å². The molecule has 0 aliphatic carbocycles. The molecule has 2 fully saturated rings. The van der Waals surface area contributed by atoms with E-state index in [1.807, 2.05) is 6.07 Å². The molecule has 1 aromatic rings. The summed E-state index contributed by atoms with van der Waals surface area (Å²) in [5.74, 6) is -1.10. The molecule has 2 heterocycles. The summed E-state index contributed by atoms with van der Waals surface area (Å²) in [5, 5.41) is 3.41. The number of methoxy groups -OCH3 is 1. The fourth-order valence-electron chi connectivity index (χ4n) is 3.36. The van der Waals surface area contributed by atoms with Gasteiger partial charge in [-0.05, 0) is 25.0 Å². The lowest BCUT2D eigenvalue weighted by atomic mass is 9.89. The zero-order valence-electron chi connectivity index (χ0n) is 12.0. The van der Waals surface area contributed by atoms with Gasteiger partial charge in [0.2, 0.25) is 0 Å². The van der Waals surface area contributed by atoms with Gasteiger partial charge in [0, 0.05) is 18.5 Å². The number of carbonyl (C=O) groups is 2. The van der Waals surface area contributed by atoms with Gasteiger partial charge in [-0.1, -0.05) is 18.2 Å². The zero-order valence-corrected chi connectivity index (χ0v) is 12.0. The number of carbonyl (C=O) groups excluding carboxylic acids is 2. The van der Waals surface area contributed by atoms with Crippen molar-refractivity contribution in [3.8, 4) is 0 Å². The maximum Gasteiger partial charge on any atom is 0.338 e. The van der Waals surface area contributed by atoms with Crippen LogP contribution in [0.15, 0.2) is 30.3 Å². The van der Waals surface area contributed by atoms with Gasteiger partial charge in [0.15, 0.2) is 0 Å². The Morgan fingerprint density at radius 3 is 2.67 bits per heavy atom. The number of nitrogens with one attached hydrogen (secondary N) is 1. The molecule has 0 radical (unpaired) electrons. The van der Waals surface area contributed by atoms with Crippen LogP contribution in [-0.2, 0) is 14.3 Å². The van der Waals surface area contributed by atoms with E-state index < -0.39 is 12.0 Å². The van der Waals surface area contributed by atoms with Crippen LogP contribution in [0.5, 0.6) is 0 Å². The Labute approximate surface area is 123 Å². The smallest absolute Gasteiger partial charge is 0.338 e. The Hall–Kier alpha value is -1.88. The third kappa shape index (κ3) is 2.78. The largest absolute Gasteiger partial charge is 0.469 e. The van der Waals surface area contributed by atoms with Gasteiger partial charge in [0.05, 0.1) is 12.7 Å². The molecule has 1 N–H and O–H groups in total. The number of rotatable bonds is 3. The van der Waals surface area contributed by atoms with Crippen LogP contribution >= 0.6 is 0 Å². The maximum absolute atomic E-state index is 12.2. The number of fused-ring (bicyclic) bond motifs is 2. The molecule has 0 aromatic heterocycles. The molecule has 0 spiro atoms. The first-order valence-corrected chi connectivity index (χ1v) is 7.29. The molecule has 0 amide bonds. The monoisotopic (exact) mass is 289 g/mol. The van der Waals surface area contributed by atoms with Crippen molar-refractivity contribution in [2.45, 2.75) is 37.5 Å². The van der Waals surface area contributed by atoms with Crippen molar-refractivity contribution < 1.29 is 19.1 Å². The first-order valence-electron chi connectivity index (χ1n) is 7.29. The van der Waals surface area contributed by atoms with Crippen molar-refractivity contribution in [3.05, 3.63) is 35.9 Å². The summed E-state index contributed by atoms with van der Waals surface area (Å²) in [7, 11) is 1.37. The number of ether oxygens (including phenoxy) is 2. The second kappa shape index (κ2) is 5.85. The molecule has 1 aromatic carbocycles. The van der Waals surface area contributed by atoms with Gasteiger partial charge in [-0.25, -0.2) is 4.79 Å². The highest BCUT2D eigenvalue weighted by atomic mass is 16.6. The van der Waals surface area contributed by atoms with Gasteiger partial charge < -0.3 is 14.8 Å². The van der Waals surface area contributed by atoms with Gasteiger partial charge >= 0.3 is 11.9 Å². The van der Waals surface area contributed by atoms with E-state index in [0.717, 1.165) is 12.8 Å². The molecule has 2 aliphatic heterocycles. The molecule has 2 bridgehead atoms. The lowest BCUT2D eigenvalue weighted by Crippen LogP contribution is -2.53. The molecular weight excluding hydrogens is 270 g/mol. The molecule has 112 valence electrons. The van der Waals surface area contributed by atoms with Crippen LogP contribution < -0.4 is 5.32 Å². The predicted molar refractivity (Wildman–Crippen MR) is 75.7 cm³/mol. The quantitative estimate of drug-likeness (QED) is 0.855. The van der Waals surface area contributed by atoms with Gasteiger partial charge in [-0.15, -0.1) is 0 Å². The van der Waals surface area contributed by atoms with Crippen LogP contribution in [0.3, 0.4) is 0 Å². The van der Waals surface area contributed by atoms with Crippen molar-refractivity contribution in [2.75, 3.05) is 7.11 Å². The van der Waals surface area contributed by atoms with E-state index in [-0.39, 0.29) is 18.0 Å². The Morgan fingerprint density at radius 1 is 1.19 bits per heavy atom. The highest BCUT2D eigenvalue weighted by Gasteiger charge is 2.47. The number of hydrogen-bond donors (Lipinski definition) is 1. The first-order chi connectivity index (χ1) is 10.2.